The fourth-order valence-electron chi connectivity index (χ4n) is 0.971. The van der Waals surface area contributed by atoms with Crippen molar-refractivity contribution in [2.24, 2.45) is 0 Å². The van der Waals surface area contributed by atoms with Crippen molar-refractivity contribution < 1.29 is 5.11 Å². The number of aromatic hydroxyl groups is 1. The smallest absolute Gasteiger partial charge is 0.118 e. The molecule has 1 N–H and O–H groups in total. The number of hydrogen-bond donors (Lipinski definition) is 1. The fourth-order valence-corrected chi connectivity index (χ4v) is 0.971. The van der Waals surface area contributed by atoms with Crippen LogP contribution in [0, 0.1) is 19.3 Å². The van der Waals surface area contributed by atoms with Crippen LogP contribution in [0.4, 0.5) is 0 Å². The van der Waals surface area contributed by atoms with Crippen LogP contribution in [-0.4, -0.2) is 5.11 Å². The number of phenols is 1. The van der Waals surface area contributed by atoms with Gasteiger partial charge in [-0.2, -0.15) is 0 Å². The van der Waals surface area contributed by atoms with Gasteiger partial charge in [-0.1, -0.05) is 12.1 Å². The molecule has 0 aromatic heterocycles. The predicted octanol–water partition coefficient (Wildman–Crippen LogP) is 1.88. The highest BCUT2D eigenvalue weighted by atomic mass is 16.3. The van der Waals surface area contributed by atoms with Gasteiger partial charge in [-0.15, -0.1) is 12.3 Å². The molecule has 1 heteroatoms. The van der Waals surface area contributed by atoms with Crippen LogP contribution in [0.15, 0.2) is 18.2 Å². The molecule has 0 aliphatic rings. The van der Waals surface area contributed by atoms with Crippen LogP contribution in [-0.2, 0) is 6.42 Å². The second-order valence-corrected chi connectivity index (χ2v) is 2.44. The Bertz CT molecular complexity index is 294. The fraction of sp³-hybridized carbons (Fsp3) is 0.200. The second-order valence-electron chi connectivity index (χ2n) is 2.44. The van der Waals surface area contributed by atoms with Gasteiger partial charge in [0, 0.05) is 6.42 Å². The summed E-state index contributed by atoms with van der Waals surface area (Å²) in [5.74, 6) is 2.86. The molecule has 11 heavy (non-hydrogen) atoms. The highest BCUT2D eigenvalue weighted by molar-refractivity contribution is 5.39. The van der Waals surface area contributed by atoms with E-state index in [0.29, 0.717) is 12.2 Å². The summed E-state index contributed by atoms with van der Waals surface area (Å²) in [6.45, 7) is 1.86. The molecule has 0 fully saturated rings. The third-order valence-electron chi connectivity index (χ3n) is 1.71. The lowest BCUT2D eigenvalue weighted by Crippen LogP contribution is -1.86. The van der Waals surface area contributed by atoms with Gasteiger partial charge in [0.25, 0.3) is 0 Å². The Labute approximate surface area is 66.7 Å². The zero-order valence-electron chi connectivity index (χ0n) is 6.46. The van der Waals surface area contributed by atoms with Crippen LogP contribution >= 0.6 is 0 Å². The van der Waals surface area contributed by atoms with E-state index in [4.69, 9.17) is 6.42 Å². The van der Waals surface area contributed by atoms with Crippen molar-refractivity contribution in [3.8, 4) is 18.1 Å². The first-order chi connectivity index (χ1) is 5.25. The van der Waals surface area contributed by atoms with E-state index in [9.17, 15) is 5.11 Å². The molecule has 0 bridgehead atoms. The van der Waals surface area contributed by atoms with E-state index in [2.05, 4.69) is 5.92 Å². The summed E-state index contributed by atoms with van der Waals surface area (Å²) in [4.78, 5) is 0. The Morgan fingerprint density at radius 3 is 2.91 bits per heavy atom. The van der Waals surface area contributed by atoms with E-state index in [1.807, 2.05) is 13.0 Å². The molecule has 1 nitrogen and oxygen atoms in total. The van der Waals surface area contributed by atoms with Crippen molar-refractivity contribution >= 4 is 0 Å². The molecule has 1 aromatic rings. The average molecular weight is 146 g/mol. The Morgan fingerprint density at radius 2 is 2.27 bits per heavy atom. The van der Waals surface area contributed by atoms with Crippen molar-refractivity contribution in [3.63, 3.8) is 0 Å². The first-order valence-electron chi connectivity index (χ1n) is 3.46. The van der Waals surface area contributed by atoms with Crippen molar-refractivity contribution in [2.45, 2.75) is 13.3 Å². The maximum Gasteiger partial charge on any atom is 0.118 e. The summed E-state index contributed by atoms with van der Waals surface area (Å²) >= 11 is 0. The molecule has 0 unspecified atom stereocenters. The van der Waals surface area contributed by atoms with Gasteiger partial charge < -0.3 is 5.11 Å². The van der Waals surface area contributed by atoms with E-state index in [1.54, 1.807) is 12.1 Å². The van der Waals surface area contributed by atoms with E-state index in [1.165, 1.54) is 0 Å². The molecular weight excluding hydrogens is 136 g/mol. The topological polar surface area (TPSA) is 20.2 Å². The Balaban J connectivity index is 3.08. The van der Waals surface area contributed by atoms with Gasteiger partial charge in [0.2, 0.25) is 0 Å². The van der Waals surface area contributed by atoms with Gasteiger partial charge in [0.05, 0.1) is 0 Å². The van der Waals surface area contributed by atoms with Crippen LogP contribution in [0.3, 0.4) is 0 Å². The molecule has 0 saturated carbocycles. The average Bonchev–Trinajstić information content (AvgIpc) is 1.99. The molecular formula is C10H10O. The van der Waals surface area contributed by atoms with E-state index < -0.39 is 0 Å². The summed E-state index contributed by atoms with van der Waals surface area (Å²) in [6.07, 6.45) is 5.73. The monoisotopic (exact) mass is 146 g/mol. The lowest BCUT2D eigenvalue weighted by molar-refractivity contribution is 0.470. The van der Waals surface area contributed by atoms with Crippen molar-refractivity contribution in [3.05, 3.63) is 29.3 Å². The van der Waals surface area contributed by atoms with Crippen LogP contribution in [0.5, 0.6) is 5.75 Å². The van der Waals surface area contributed by atoms with Crippen LogP contribution in [0.1, 0.15) is 11.1 Å². The minimum atomic E-state index is 0.317. The minimum Gasteiger partial charge on any atom is -0.508 e. The summed E-state index contributed by atoms with van der Waals surface area (Å²) < 4.78 is 0. The molecule has 0 heterocycles. The molecule has 0 saturated heterocycles. The Kier molecular flexibility index (Phi) is 2.18. The molecule has 0 radical (unpaired) electrons. The number of benzene rings is 1. The summed E-state index contributed by atoms with van der Waals surface area (Å²) in [6, 6.07) is 5.39. The van der Waals surface area contributed by atoms with Gasteiger partial charge in [-0.05, 0) is 24.1 Å². The Hall–Kier alpha value is -1.42. The van der Waals surface area contributed by atoms with Gasteiger partial charge in [-0.25, -0.2) is 0 Å². The quantitative estimate of drug-likeness (QED) is 0.600. The van der Waals surface area contributed by atoms with E-state index in [0.717, 1.165) is 11.1 Å². The minimum absolute atomic E-state index is 0.317. The molecule has 0 amide bonds. The third-order valence-corrected chi connectivity index (χ3v) is 1.71. The molecule has 1 rings (SSSR count). The van der Waals surface area contributed by atoms with Gasteiger partial charge in [-0.3, -0.25) is 0 Å². The highest BCUT2D eigenvalue weighted by Crippen LogP contribution is 2.19. The molecule has 0 atom stereocenters. The van der Waals surface area contributed by atoms with E-state index >= 15 is 0 Å². The van der Waals surface area contributed by atoms with Crippen LogP contribution < -0.4 is 0 Å². The SMILES string of the molecule is C#CCc1cccc(O)c1C. The number of rotatable bonds is 1. The van der Waals surface area contributed by atoms with Gasteiger partial charge in [0.15, 0.2) is 0 Å². The number of terminal acetylenes is 1. The third kappa shape index (κ3) is 1.53. The second kappa shape index (κ2) is 3.12. The zero-order chi connectivity index (χ0) is 8.27. The predicted molar refractivity (Wildman–Crippen MR) is 45.4 cm³/mol. The first kappa shape index (κ1) is 7.68. The molecule has 56 valence electrons. The summed E-state index contributed by atoms with van der Waals surface area (Å²) in [7, 11) is 0. The van der Waals surface area contributed by atoms with Gasteiger partial charge in [0.1, 0.15) is 5.75 Å². The van der Waals surface area contributed by atoms with E-state index in [-0.39, 0.29) is 0 Å². The molecule has 0 aliphatic carbocycles. The normalized spacial score (nSPS) is 9.09. The highest BCUT2D eigenvalue weighted by Gasteiger charge is 1.99. The lowest BCUT2D eigenvalue weighted by atomic mass is 10.1. The molecule has 0 spiro atoms. The first-order valence-corrected chi connectivity index (χ1v) is 3.46. The maximum atomic E-state index is 9.26. The Morgan fingerprint density at radius 1 is 1.55 bits per heavy atom. The van der Waals surface area contributed by atoms with Crippen molar-refractivity contribution in [1.29, 1.82) is 0 Å². The van der Waals surface area contributed by atoms with Gasteiger partial charge >= 0.3 is 0 Å². The largest absolute Gasteiger partial charge is 0.508 e. The van der Waals surface area contributed by atoms with Crippen LogP contribution in [0.25, 0.3) is 0 Å². The number of hydrogen-bond acceptors (Lipinski definition) is 1. The molecule has 0 aliphatic heterocycles. The van der Waals surface area contributed by atoms with Crippen molar-refractivity contribution in [1.82, 2.24) is 0 Å². The summed E-state index contributed by atoms with van der Waals surface area (Å²) in [5, 5.41) is 9.26. The standard InChI is InChI=1S/C10H10O/c1-3-5-9-6-4-7-10(11)8(9)2/h1,4,6-7,11H,5H2,2H3. The number of phenolic OH excluding ortho intramolecular Hbond substituents is 1. The summed E-state index contributed by atoms with van der Waals surface area (Å²) in [5.41, 5.74) is 1.90. The molecule has 1 aromatic carbocycles. The zero-order valence-corrected chi connectivity index (χ0v) is 6.46. The van der Waals surface area contributed by atoms with Crippen molar-refractivity contribution in [2.75, 3.05) is 0 Å². The lowest BCUT2D eigenvalue weighted by Gasteiger charge is -2.02. The van der Waals surface area contributed by atoms with Crippen LogP contribution in [0.2, 0.25) is 0 Å². The maximum absolute atomic E-state index is 9.26.